The lowest BCUT2D eigenvalue weighted by Crippen LogP contribution is -2.16. The first kappa shape index (κ1) is 14.8. The summed E-state index contributed by atoms with van der Waals surface area (Å²) < 4.78 is 10.3. The van der Waals surface area contributed by atoms with Gasteiger partial charge in [-0.2, -0.15) is 0 Å². The van der Waals surface area contributed by atoms with Crippen LogP contribution in [0.25, 0.3) is 0 Å². The number of aromatic hydroxyl groups is 1. The van der Waals surface area contributed by atoms with Crippen molar-refractivity contribution in [1.82, 2.24) is 0 Å². The van der Waals surface area contributed by atoms with Gasteiger partial charge >= 0.3 is 5.97 Å². The molecule has 1 aromatic rings. The van der Waals surface area contributed by atoms with Crippen LogP contribution in [0.4, 0.5) is 0 Å². The molecular formula is C12H15BrO5. The lowest BCUT2D eigenvalue weighted by molar-refractivity contribution is -0.153. The topological polar surface area (TPSA) is 76.0 Å². The zero-order chi connectivity index (χ0) is 13.9. The van der Waals surface area contributed by atoms with Crippen LogP contribution in [0, 0.1) is 6.92 Å². The number of aliphatic hydroxyl groups excluding tert-OH is 1. The highest BCUT2D eigenvalue weighted by Gasteiger charge is 2.27. The third kappa shape index (κ3) is 2.76. The van der Waals surface area contributed by atoms with Crippen LogP contribution in [0.5, 0.6) is 11.5 Å². The third-order valence-corrected chi connectivity index (χ3v) is 3.03. The molecule has 18 heavy (non-hydrogen) atoms. The Morgan fingerprint density at radius 1 is 1.56 bits per heavy atom. The molecule has 0 bridgehead atoms. The molecule has 1 aromatic carbocycles. The molecule has 2 N–H and O–H groups in total. The molecule has 1 atom stereocenters. The van der Waals surface area contributed by atoms with Gasteiger partial charge in [-0.3, -0.25) is 0 Å². The second-order valence-electron chi connectivity index (χ2n) is 3.63. The van der Waals surface area contributed by atoms with Crippen molar-refractivity contribution < 1.29 is 24.5 Å². The third-order valence-electron chi connectivity index (χ3n) is 2.44. The first-order chi connectivity index (χ1) is 8.43. The van der Waals surface area contributed by atoms with E-state index in [1.165, 1.54) is 7.11 Å². The molecule has 0 aliphatic rings. The second-order valence-corrected chi connectivity index (χ2v) is 4.48. The van der Waals surface area contributed by atoms with E-state index in [1.807, 2.05) is 0 Å². The Balaban J connectivity index is 3.28. The van der Waals surface area contributed by atoms with Gasteiger partial charge in [0.15, 0.2) is 17.6 Å². The Hall–Kier alpha value is -1.27. The van der Waals surface area contributed by atoms with E-state index in [9.17, 15) is 15.0 Å². The van der Waals surface area contributed by atoms with Gasteiger partial charge in [0, 0.05) is 5.56 Å². The normalized spacial score (nSPS) is 12.1. The first-order valence-electron chi connectivity index (χ1n) is 5.34. The summed E-state index contributed by atoms with van der Waals surface area (Å²) in [6, 6.07) is 1.65. The minimum atomic E-state index is -1.54. The number of halogens is 1. The predicted molar refractivity (Wildman–Crippen MR) is 68.7 cm³/mol. The highest BCUT2D eigenvalue weighted by atomic mass is 79.9. The number of phenolic OH excluding ortho intramolecular Hbond substituents is 1. The van der Waals surface area contributed by atoms with Gasteiger partial charge in [0.2, 0.25) is 0 Å². The van der Waals surface area contributed by atoms with Crippen LogP contribution < -0.4 is 4.74 Å². The van der Waals surface area contributed by atoms with Crippen molar-refractivity contribution in [2.45, 2.75) is 20.0 Å². The first-order valence-corrected chi connectivity index (χ1v) is 6.13. The number of aryl methyl sites for hydroxylation is 1. The standard InChI is InChI=1S/C12H15BrO5/c1-4-18-12(16)10(15)8-6(2)5-7(13)11(17-3)9(8)14/h5,10,14-15H,4H2,1-3H3. The highest BCUT2D eigenvalue weighted by Crippen LogP contribution is 2.42. The summed E-state index contributed by atoms with van der Waals surface area (Å²) in [5.41, 5.74) is 0.647. The van der Waals surface area contributed by atoms with E-state index >= 15 is 0 Å². The number of esters is 1. The van der Waals surface area contributed by atoms with E-state index < -0.39 is 12.1 Å². The summed E-state index contributed by atoms with van der Waals surface area (Å²) in [5, 5.41) is 19.9. The van der Waals surface area contributed by atoms with Crippen molar-refractivity contribution in [3.05, 3.63) is 21.7 Å². The molecule has 0 aliphatic carbocycles. The molecule has 0 fully saturated rings. The van der Waals surface area contributed by atoms with Crippen molar-refractivity contribution in [2.24, 2.45) is 0 Å². The second kappa shape index (κ2) is 6.06. The molecule has 0 spiro atoms. The van der Waals surface area contributed by atoms with Gasteiger partial charge in [-0.15, -0.1) is 0 Å². The summed E-state index contributed by atoms with van der Waals surface area (Å²) >= 11 is 3.23. The predicted octanol–water partition coefficient (Wildman–Crippen LogP) is 2.07. The minimum absolute atomic E-state index is 0.0912. The Morgan fingerprint density at radius 3 is 2.67 bits per heavy atom. The molecule has 0 saturated heterocycles. The number of carbonyl (C=O) groups excluding carboxylic acids is 1. The monoisotopic (exact) mass is 318 g/mol. The summed E-state index contributed by atoms with van der Waals surface area (Å²) in [6.07, 6.45) is -1.54. The lowest BCUT2D eigenvalue weighted by atomic mass is 10.0. The Morgan fingerprint density at radius 2 is 2.17 bits per heavy atom. The molecule has 6 heteroatoms. The molecule has 100 valence electrons. The van der Waals surface area contributed by atoms with Gasteiger partial charge in [0.25, 0.3) is 0 Å². The molecule has 0 heterocycles. The van der Waals surface area contributed by atoms with Crippen LogP contribution in [-0.2, 0) is 9.53 Å². The van der Waals surface area contributed by atoms with E-state index in [0.29, 0.717) is 10.0 Å². The lowest BCUT2D eigenvalue weighted by Gasteiger charge is -2.17. The van der Waals surface area contributed by atoms with Crippen molar-refractivity contribution in [1.29, 1.82) is 0 Å². The van der Waals surface area contributed by atoms with Gasteiger partial charge in [-0.1, -0.05) is 0 Å². The largest absolute Gasteiger partial charge is 0.504 e. The number of carbonyl (C=O) groups is 1. The molecule has 1 rings (SSSR count). The molecule has 5 nitrogen and oxygen atoms in total. The minimum Gasteiger partial charge on any atom is -0.504 e. The quantitative estimate of drug-likeness (QED) is 0.831. The zero-order valence-electron chi connectivity index (χ0n) is 10.4. The average Bonchev–Trinajstić information content (AvgIpc) is 2.29. The van der Waals surface area contributed by atoms with Crippen LogP contribution in [-0.4, -0.2) is 29.9 Å². The number of benzene rings is 1. The average molecular weight is 319 g/mol. The SMILES string of the molecule is CCOC(=O)C(O)c1c(C)cc(Br)c(OC)c1O. The van der Waals surface area contributed by atoms with E-state index in [4.69, 9.17) is 9.47 Å². The van der Waals surface area contributed by atoms with E-state index in [0.717, 1.165) is 0 Å². The van der Waals surface area contributed by atoms with Crippen molar-refractivity contribution in [3.8, 4) is 11.5 Å². The molecular weight excluding hydrogens is 304 g/mol. The zero-order valence-corrected chi connectivity index (χ0v) is 11.9. The molecule has 0 radical (unpaired) electrons. The van der Waals surface area contributed by atoms with Gasteiger partial charge in [0.1, 0.15) is 0 Å². The van der Waals surface area contributed by atoms with Crippen LogP contribution in [0.1, 0.15) is 24.2 Å². The Bertz CT molecular complexity index is 458. The maximum absolute atomic E-state index is 11.5. The fourth-order valence-electron chi connectivity index (χ4n) is 1.63. The molecule has 0 aliphatic heterocycles. The van der Waals surface area contributed by atoms with Crippen molar-refractivity contribution >= 4 is 21.9 Å². The number of rotatable bonds is 4. The maximum Gasteiger partial charge on any atom is 0.339 e. The van der Waals surface area contributed by atoms with Gasteiger partial charge in [0.05, 0.1) is 18.2 Å². The van der Waals surface area contributed by atoms with Gasteiger partial charge in [-0.25, -0.2) is 4.79 Å². The fraction of sp³-hybridized carbons (Fsp3) is 0.417. The number of hydrogen-bond acceptors (Lipinski definition) is 5. The molecule has 1 unspecified atom stereocenters. The number of hydrogen-bond donors (Lipinski definition) is 2. The number of aliphatic hydroxyl groups is 1. The summed E-state index contributed by atoms with van der Waals surface area (Å²) in [4.78, 5) is 11.5. The Kier molecular flexibility index (Phi) is 4.98. The van der Waals surface area contributed by atoms with Gasteiger partial charge in [-0.05, 0) is 41.4 Å². The number of phenols is 1. The van der Waals surface area contributed by atoms with Crippen LogP contribution in [0.15, 0.2) is 10.5 Å². The summed E-state index contributed by atoms with van der Waals surface area (Å²) in [7, 11) is 1.38. The number of methoxy groups -OCH3 is 1. The Labute approximate surface area is 113 Å². The molecule has 0 amide bonds. The molecule has 0 saturated carbocycles. The van der Waals surface area contributed by atoms with Gasteiger partial charge < -0.3 is 19.7 Å². The van der Waals surface area contributed by atoms with E-state index in [-0.39, 0.29) is 23.7 Å². The van der Waals surface area contributed by atoms with Crippen LogP contribution in [0.2, 0.25) is 0 Å². The molecule has 0 aromatic heterocycles. The summed E-state index contributed by atoms with van der Waals surface area (Å²) in [6.45, 7) is 3.46. The summed E-state index contributed by atoms with van der Waals surface area (Å²) in [5.74, 6) is -0.913. The fourth-order valence-corrected chi connectivity index (χ4v) is 2.33. The van der Waals surface area contributed by atoms with E-state index in [2.05, 4.69) is 15.9 Å². The maximum atomic E-state index is 11.5. The highest BCUT2D eigenvalue weighted by molar-refractivity contribution is 9.10. The number of ether oxygens (including phenoxy) is 2. The van der Waals surface area contributed by atoms with Crippen LogP contribution in [0.3, 0.4) is 0 Å². The smallest absolute Gasteiger partial charge is 0.339 e. The van der Waals surface area contributed by atoms with Crippen molar-refractivity contribution in [2.75, 3.05) is 13.7 Å². The van der Waals surface area contributed by atoms with Crippen molar-refractivity contribution in [3.63, 3.8) is 0 Å². The van der Waals surface area contributed by atoms with E-state index in [1.54, 1.807) is 19.9 Å². The van der Waals surface area contributed by atoms with Crippen LogP contribution >= 0.6 is 15.9 Å².